The number of rotatable bonds is 13. The summed E-state index contributed by atoms with van der Waals surface area (Å²) < 4.78 is 4.57. The van der Waals surface area contributed by atoms with Crippen LogP contribution in [0.25, 0.3) is 0 Å². The quantitative estimate of drug-likeness (QED) is 0.222. The monoisotopic (exact) mass is 332 g/mol. The highest BCUT2D eigenvalue weighted by Gasteiger charge is 1.97. The number of carbonyl (C=O) groups is 1. The van der Waals surface area contributed by atoms with E-state index >= 15 is 0 Å². The number of ether oxygens (including phenoxy) is 1. The van der Waals surface area contributed by atoms with Crippen molar-refractivity contribution in [3.63, 3.8) is 0 Å². The Labute approximate surface area is 147 Å². The molecule has 0 bridgehead atoms. The lowest BCUT2D eigenvalue weighted by Gasteiger charge is -1.99. The average molecular weight is 332 g/mol. The van der Waals surface area contributed by atoms with Crippen molar-refractivity contribution in [3.8, 4) is 0 Å². The highest BCUT2D eigenvalue weighted by molar-refractivity contribution is 5.69. The fourth-order valence-corrected chi connectivity index (χ4v) is 1.86. The van der Waals surface area contributed by atoms with Gasteiger partial charge >= 0.3 is 5.97 Å². The molecule has 0 aromatic heterocycles. The largest absolute Gasteiger partial charge is 0.469 e. The van der Waals surface area contributed by atoms with Gasteiger partial charge in [-0.3, -0.25) is 4.79 Å². The van der Waals surface area contributed by atoms with Gasteiger partial charge in [-0.2, -0.15) is 0 Å². The van der Waals surface area contributed by atoms with E-state index in [0.29, 0.717) is 12.8 Å². The molecule has 3 heteroatoms. The Bertz CT molecular complexity index is 442. The Kier molecular flexibility index (Phi) is 16.1. The molecule has 0 aliphatic rings. The summed E-state index contributed by atoms with van der Waals surface area (Å²) in [5.41, 5.74) is 0. The number of hydrogen-bond acceptors (Lipinski definition) is 3. The zero-order valence-corrected chi connectivity index (χ0v) is 15.1. The van der Waals surface area contributed by atoms with Crippen LogP contribution in [0.2, 0.25) is 0 Å². The smallest absolute Gasteiger partial charge is 0.305 e. The number of hydrogen-bond donors (Lipinski definition) is 1. The van der Waals surface area contributed by atoms with Crippen LogP contribution in [0.15, 0.2) is 60.8 Å². The van der Waals surface area contributed by atoms with Gasteiger partial charge in [0.1, 0.15) is 0 Å². The minimum atomic E-state index is -0.471. The molecular weight excluding hydrogens is 300 g/mol. The van der Waals surface area contributed by atoms with E-state index in [0.717, 1.165) is 32.1 Å². The molecule has 3 nitrogen and oxygen atoms in total. The van der Waals surface area contributed by atoms with Gasteiger partial charge in [-0.05, 0) is 38.5 Å². The number of unbranched alkanes of at least 4 members (excludes halogenated alkanes) is 1. The van der Waals surface area contributed by atoms with Crippen molar-refractivity contribution in [1.29, 1.82) is 0 Å². The molecule has 0 fully saturated rings. The molecule has 0 heterocycles. The molecule has 24 heavy (non-hydrogen) atoms. The summed E-state index contributed by atoms with van der Waals surface area (Å²) in [6.07, 6.45) is 25.4. The highest BCUT2D eigenvalue weighted by Crippen LogP contribution is 2.01. The predicted molar refractivity (Wildman–Crippen MR) is 102 cm³/mol. The van der Waals surface area contributed by atoms with Crippen LogP contribution in [-0.4, -0.2) is 24.3 Å². The summed E-state index contributed by atoms with van der Waals surface area (Å²) in [7, 11) is 1.40. The first-order valence-electron chi connectivity index (χ1n) is 8.73. The van der Waals surface area contributed by atoms with Crippen LogP contribution >= 0.6 is 0 Å². The third-order valence-electron chi connectivity index (χ3n) is 3.22. The van der Waals surface area contributed by atoms with Gasteiger partial charge in [0.15, 0.2) is 0 Å². The Balaban J connectivity index is 3.69. The molecule has 0 aliphatic heterocycles. The fraction of sp³-hybridized carbons (Fsp3) is 0.476. The lowest BCUT2D eigenvalue weighted by Crippen LogP contribution is -1.99. The van der Waals surface area contributed by atoms with Gasteiger partial charge in [-0.1, -0.05) is 67.7 Å². The van der Waals surface area contributed by atoms with E-state index in [-0.39, 0.29) is 5.97 Å². The molecule has 0 amide bonds. The molecular formula is C21H32O3. The van der Waals surface area contributed by atoms with Gasteiger partial charge in [0.05, 0.1) is 13.2 Å². The van der Waals surface area contributed by atoms with Gasteiger partial charge in [0, 0.05) is 6.42 Å². The molecule has 1 N–H and O–H groups in total. The predicted octanol–water partition coefficient (Wildman–Crippen LogP) is 5.05. The van der Waals surface area contributed by atoms with Crippen LogP contribution in [0, 0.1) is 0 Å². The third-order valence-corrected chi connectivity index (χ3v) is 3.22. The molecule has 0 aromatic carbocycles. The van der Waals surface area contributed by atoms with Crippen molar-refractivity contribution in [3.05, 3.63) is 60.8 Å². The molecule has 0 aromatic rings. The van der Waals surface area contributed by atoms with Gasteiger partial charge in [-0.15, -0.1) is 0 Å². The molecule has 0 saturated heterocycles. The summed E-state index contributed by atoms with van der Waals surface area (Å²) in [6.45, 7) is 2.13. The normalized spacial score (nSPS) is 14.0. The first-order valence-corrected chi connectivity index (χ1v) is 8.73. The minimum Gasteiger partial charge on any atom is -0.469 e. The van der Waals surface area contributed by atoms with E-state index in [1.54, 1.807) is 6.08 Å². The van der Waals surface area contributed by atoms with Crippen molar-refractivity contribution in [1.82, 2.24) is 0 Å². The highest BCUT2D eigenvalue weighted by atomic mass is 16.5. The molecule has 0 radical (unpaired) electrons. The van der Waals surface area contributed by atoms with Crippen molar-refractivity contribution in [2.45, 2.75) is 58.0 Å². The summed E-state index contributed by atoms with van der Waals surface area (Å²) in [6, 6.07) is 0. The Morgan fingerprint density at radius 2 is 1.71 bits per heavy atom. The summed E-state index contributed by atoms with van der Waals surface area (Å²) in [4.78, 5) is 10.9. The zero-order valence-electron chi connectivity index (χ0n) is 15.1. The number of aliphatic hydroxyl groups excluding tert-OH is 1. The molecule has 1 atom stereocenters. The number of carbonyl (C=O) groups excluding carboxylic acids is 1. The average Bonchev–Trinajstić information content (AvgIpc) is 2.59. The van der Waals surface area contributed by atoms with E-state index < -0.39 is 6.10 Å². The standard InChI is InChI=1S/C21H32O3/c1-3-4-5-6-7-8-9-10-11-14-17-20(22)18-15-12-13-16-19-21(23)24-2/h4-5,7-8,10-12,14-15,17,20,22H,3,6,9,13,16,18-19H2,1-2H3/b5-4-,8-7-,11-10-,15-12-,17-14+/t20-/m0/s1. The lowest BCUT2D eigenvalue weighted by atomic mass is 10.2. The van der Waals surface area contributed by atoms with E-state index in [2.05, 4.69) is 42.0 Å². The second-order valence-electron chi connectivity index (χ2n) is 5.38. The van der Waals surface area contributed by atoms with Crippen LogP contribution in [-0.2, 0) is 9.53 Å². The van der Waals surface area contributed by atoms with Gasteiger partial charge in [0.2, 0.25) is 0 Å². The van der Waals surface area contributed by atoms with Crippen LogP contribution in [0.3, 0.4) is 0 Å². The Hall–Kier alpha value is -1.87. The molecule has 0 spiro atoms. The zero-order chi connectivity index (χ0) is 17.9. The van der Waals surface area contributed by atoms with Gasteiger partial charge < -0.3 is 9.84 Å². The summed E-state index contributed by atoms with van der Waals surface area (Å²) in [5.74, 6) is -0.176. The Morgan fingerprint density at radius 3 is 2.42 bits per heavy atom. The topological polar surface area (TPSA) is 46.5 Å². The lowest BCUT2D eigenvalue weighted by molar-refractivity contribution is -0.140. The number of esters is 1. The number of allylic oxidation sites excluding steroid dienone is 8. The van der Waals surface area contributed by atoms with E-state index in [1.807, 2.05) is 24.3 Å². The van der Waals surface area contributed by atoms with Crippen molar-refractivity contribution in [2.75, 3.05) is 7.11 Å². The SMILES string of the molecule is CC/C=C\C/C=C\C/C=C\C=C\[C@H](O)C/C=C\CCCC(=O)OC. The van der Waals surface area contributed by atoms with Crippen LogP contribution in [0.5, 0.6) is 0 Å². The maximum Gasteiger partial charge on any atom is 0.305 e. The second-order valence-corrected chi connectivity index (χ2v) is 5.38. The first kappa shape index (κ1) is 22.1. The third kappa shape index (κ3) is 16.5. The minimum absolute atomic E-state index is 0.176. The van der Waals surface area contributed by atoms with Crippen LogP contribution < -0.4 is 0 Å². The number of methoxy groups -OCH3 is 1. The van der Waals surface area contributed by atoms with Crippen LogP contribution in [0.1, 0.15) is 51.9 Å². The van der Waals surface area contributed by atoms with Crippen LogP contribution in [0.4, 0.5) is 0 Å². The Morgan fingerprint density at radius 1 is 1.00 bits per heavy atom. The molecule has 0 saturated carbocycles. The van der Waals surface area contributed by atoms with E-state index in [4.69, 9.17) is 0 Å². The summed E-state index contributed by atoms with van der Waals surface area (Å²) >= 11 is 0. The second kappa shape index (κ2) is 17.5. The maximum atomic E-state index is 10.9. The van der Waals surface area contributed by atoms with Gasteiger partial charge in [-0.25, -0.2) is 0 Å². The molecule has 0 rings (SSSR count). The first-order chi connectivity index (χ1) is 11.7. The molecule has 0 unspecified atom stereocenters. The van der Waals surface area contributed by atoms with E-state index in [1.165, 1.54) is 7.11 Å². The maximum absolute atomic E-state index is 10.9. The van der Waals surface area contributed by atoms with Crippen molar-refractivity contribution < 1.29 is 14.6 Å². The molecule has 0 aliphatic carbocycles. The fourth-order valence-electron chi connectivity index (χ4n) is 1.86. The van der Waals surface area contributed by atoms with E-state index in [9.17, 15) is 9.90 Å². The van der Waals surface area contributed by atoms with Gasteiger partial charge in [0.25, 0.3) is 0 Å². The number of aliphatic hydroxyl groups is 1. The van der Waals surface area contributed by atoms with Crippen molar-refractivity contribution in [2.24, 2.45) is 0 Å². The molecule has 134 valence electrons. The summed E-state index contributed by atoms with van der Waals surface area (Å²) in [5, 5.41) is 9.79. The van der Waals surface area contributed by atoms with Crippen molar-refractivity contribution >= 4 is 5.97 Å².